The predicted octanol–water partition coefficient (Wildman–Crippen LogP) is 3.73. The minimum absolute atomic E-state index is 0.0926. The number of aryl methyl sites for hydroxylation is 1. The van der Waals surface area contributed by atoms with Gasteiger partial charge in [0.15, 0.2) is 11.5 Å². The molecular weight excluding hydrogens is 528 g/mol. The highest BCUT2D eigenvalue weighted by atomic mass is 16.3. The number of aromatic nitrogens is 5. The number of hydrogen-bond acceptors (Lipinski definition) is 8. The van der Waals surface area contributed by atoms with Crippen LogP contribution in [0.25, 0.3) is 16.9 Å². The molecule has 2 aliphatic carbocycles. The van der Waals surface area contributed by atoms with Crippen LogP contribution in [0, 0.1) is 5.41 Å². The van der Waals surface area contributed by atoms with Crippen molar-refractivity contribution < 1.29 is 5.11 Å². The second kappa shape index (κ2) is 8.99. The van der Waals surface area contributed by atoms with Crippen molar-refractivity contribution in [1.29, 1.82) is 0 Å². The van der Waals surface area contributed by atoms with Crippen molar-refractivity contribution in [2.45, 2.75) is 63.3 Å². The number of nitrogens with zero attached hydrogens (tertiary/aromatic N) is 7. The van der Waals surface area contributed by atoms with Crippen molar-refractivity contribution in [3.8, 4) is 5.82 Å². The first-order chi connectivity index (χ1) is 20.3. The number of allylic oxidation sites excluding steroid dienone is 1. The molecule has 5 heterocycles. The molecule has 0 amide bonds. The number of likely N-dealkylation sites (tertiary alicyclic amines) is 1. The van der Waals surface area contributed by atoms with E-state index in [4.69, 9.17) is 9.97 Å². The minimum Gasteiger partial charge on any atom is -0.383 e. The van der Waals surface area contributed by atoms with E-state index in [0.717, 1.165) is 50.0 Å². The van der Waals surface area contributed by atoms with Gasteiger partial charge in [0.1, 0.15) is 11.0 Å². The summed E-state index contributed by atoms with van der Waals surface area (Å²) >= 11 is 0. The molecule has 216 valence electrons. The van der Waals surface area contributed by atoms with Gasteiger partial charge in [-0.25, -0.2) is 19.3 Å². The van der Waals surface area contributed by atoms with Crippen molar-refractivity contribution in [3.63, 3.8) is 0 Å². The maximum absolute atomic E-state index is 13.5. The van der Waals surface area contributed by atoms with Gasteiger partial charge < -0.3 is 15.3 Å². The van der Waals surface area contributed by atoms with Gasteiger partial charge in [-0.05, 0) is 82.0 Å². The highest BCUT2D eigenvalue weighted by Gasteiger charge is 2.59. The van der Waals surface area contributed by atoms with Crippen LogP contribution in [0.2, 0.25) is 0 Å². The molecule has 10 heteroatoms. The summed E-state index contributed by atoms with van der Waals surface area (Å²) in [4.78, 5) is 32.7. The normalized spacial score (nSPS) is 25.7. The van der Waals surface area contributed by atoms with E-state index in [9.17, 15) is 9.90 Å². The number of nitrogens with one attached hydrogen (secondary N) is 1. The number of anilines is 3. The van der Waals surface area contributed by atoms with E-state index in [1.807, 2.05) is 19.1 Å². The fourth-order valence-corrected chi connectivity index (χ4v) is 7.63. The summed E-state index contributed by atoms with van der Waals surface area (Å²) in [7, 11) is 2.21. The third kappa shape index (κ3) is 3.71. The molecule has 1 spiro atoms. The average Bonchev–Trinajstić information content (AvgIpc) is 3.43. The fraction of sp³-hybridized carbons (Fsp3) is 0.438. The zero-order chi connectivity index (χ0) is 28.8. The number of hydrogen-bond donors (Lipinski definition) is 2. The van der Waals surface area contributed by atoms with Crippen LogP contribution >= 0.6 is 0 Å². The van der Waals surface area contributed by atoms with Crippen LogP contribution in [0.4, 0.5) is 17.3 Å². The molecule has 0 radical (unpaired) electrons. The van der Waals surface area contributed by atoms with Gasteiger partial charge in [-0.15, -0.1) is 6.58 Å². The molecular formula is C32H36N8O2. The third-order valence-corrected chi connectivity index (χ3v) is 10.3. The van der Waals surface area contributed by atoms with Crippen molar-refractivity contribution in [2.75, 3.05) is 30.4 Å². The monoisotopic (exact) mass is 564 g/mol. The molecule has 0 unspecified atom stereocenters. The van der Waals surface area contributed by atoms with Gasteiger partial charge in [0, 0.05) is 48.2 Å². The Hall–Kier alpha value is -4.02. The Kier molecular flexibility index (Phi) is 5.49. The molecule has 1 saturated carbocycles. The second-order valence-electron chi connectivity index (χ2n) is 12.8. The first-order valence-corrected chi connectivity index (χ1v) is 14.9. The molecule has 4 aliphatic rings. The molecule has 3 aromatic heterocycles. The summed E-state index contributed by atoms with van der Waals surface area (Å²) < 4.78 is 3.31. The molecule has 2 saturated heterocycles. The molecule has 42 heavy (non-hydrogen) atoms. The maximum atomic E-state index is 13.5. The van der Waals surface area contributed by atoms with E-state index >= 15 is 0 Å². The zero-order valence-corrected chi connectivity index (χ0v) is 24.1. The van der Waals surface area contributed by atoms with Crippen molar-refractivity contribution in [1.82, 2.24) is 29.2 Å². The molecule has 4 aromatic rings. The Labute approximate surface area is 244 Å². The molecule has 3 atom stereocenters. The van der Waals surface area contributed by atoms with E-state index in [2.05, 4.69) is 58.0 Å². The fourth-order valence-electron chi connectivity index (χ4n) is 7.63. The Morgan fingerprint density at radius 2 is 1.90 bits per heavy atom. The highest BCUT2D eigenvalue weighted by Crippen LogP contribution is 2.63. The Balaban J connectivity index is 1.15. The zero-order valence-electron chi connectivity index (χ0n) is 24.1. The van der Waals surface area contributed by atoms with E-state index in [0.29, 0.717) is 40.6 Å². The van der Waals surface area contributed by atoms with Gasteiger partial charge in [0.25, 0.3) is 5.56 Å². The SMILES string of the molecule is C=CCn1c(=O)c2cnc(Nc3ccc(N4C[C@@H]5C[C@H]4CN5C)cc3)nc2n1-c1ccc2c(n1)[C@@](C)(O)C1(CC2)CC1. The summed E-state index contributed by atoms with van der Waals surface area (Å²) in [5.74, 6) is 0.934. The van der Waals surface area contributed by atoms with Gasteiger partial charge in [0.05, 0.1) is 12.2 Å². The smallest absolute Gasteiger partial charge is 0.278 e. The number of likely N-dealkylation sites (N-methyl/N-ethyl adjacent to an activating group) is 1. The topological polar surface area (TPSA) is 104 Å². The Bertz CT molecular complexity index is 1780. The predicted molar refractivity (Wildman–Crippen MR) is 163 cm³/mol. The highest BCUT2D eigenvalue weighted by molar-refractivity contribution is 5.77. The summed E-state index contributed by atoms with van der Waals surface area (Å²) in [6.07, 6.45) is 8.38. The van der Waals surface area contributed by atoms with Crippen LogP contribution < -0.4 is 15.8 Å². The number of pyridine rings is 1. The minimum atomic E-state index is -1.01. The van der Waals surface area contributed by atoms with Gasteiger partial charge in [-0.1, -0.05) is 12.1 Å². The molecule has 2 bridgehead atoms. The quantitative estimate of drug-likeness (QED) is 0.342. The van der Waals surface area contributed by atoms with E-state index in [1.165, 1.54) is 12.1 Å². The summed E-state index contributed by atoms with van der Waals surface area (Å²) in [5.41, 5.74) is 3.00. The van der Waals surface area contributed by atoms with Crippen LogP contribution in [-0.2, 0) is 18.6 Å². The van der Waals surface area contributed by atoms with Crippen molar-refractivity contribution in [2.24, 2.45) is 5.41 Å². The first-order valence-electron chi connectivity index (χ1n) is 14.9. The van der Waals surface area contributed by atoms with Crippen molar-refractivity contribution in [3.05, 3.63) is 76.9 Å². The van der Waals surface area contributed by atoms with Crippen molar-refractivity contribution >= 4 is 28.4 Å². The number of fused-ring (bicyclic) bond motifs is 4. The lowest BCUT2D eigenvalue weighted by Gasteiger charge is -2.38. The maximum Gasteiger partial charge on any atom is 0.278 e. The Morgan fingerprint density at radius 1 is 1.10 bits per heavy atom. The van der Waals surface area contributed by atoms with Crippen LogP contribution in [0.5, 0.6) is 0 Å². The van der Waals surface area contributed by atoms with Gasteiger partial charge >= 0.3 is 0 Å². The average molecular weight is 565 g/mol. The van der Waals surface area contributed by atoms with E-state index in [1.54, 1.807) is 21.6 Å². The van der Waals surface area contributed by atoms with E-state index in [-0.39, 0.29) is 17.5 Å². The summed E-state index contributed by atoms with van der Waals surface area (Å²) in [6, 6.07) is 13.6. The number of benzene rings is 1. The first kappa shape index (κ1) is 25.7. The molecule has 3 fully saturated rings. The largest absolute Gasteiger partial charge is 0.383 e. The third-order valence-electron chi connectivity index (χ3n) is 10.3. The lowest BCUT2D eigenvalue weighted by Crippen LogP contribution is -2.44. The van der Waals surface area contributed by atoms with Gasteiger partial charge in [-0.3, -0.25) is 9.69 Å². The van der Waals surface area contributed by atoms with E-state index < -0.39 is 5.60 Å². The molecule has 1 aromatic carbocycles. The standard InChI is InChI=1S/C32H36N8O2/c1-4-15-39-29(41)25-17-33-30(34-21-6-8-22(9-7-21)38-19-23-16-24(38)18-37(23)3)36-28(25)40(39)26-10-5-20-11-12-32(13-14-32)31(2,42)27(20)35-26/h4-10,17,23-24,42H,1,11-16,18-19H2,2-3H3,(H,33,34,36)/t23-,24-,31+/m0/s1. The Morgan fingerprint density at radius 3 is 2.60 bits per heavy atom. The molecule has 10 nitrogen and oxygen atoms in total. The molecule has 8 rings (SSSR count). The van der Waals surface area contributed by atoms with Gasteiger partial charge in [-0.2, -0.15) is 4.98 Å². The molecule has 2 aliphatic heterocycles. The summed E-state index contributed by atoms with van der Waals surface area (Å²) in [5, 5.41) is 15.3. The van der Waals surface area contributed by atoms with Crippen LogP contribution in [0.3, 0.4) is 0 Å². The molecule has 2 N–H and O–H groups in total. The van der Waals surface area contributed by atoms with Crippen LogP contribution in [0.15, 0.2) is 60.0 Å². The number of rotatable bonds is 6. The second-order valence-corrected chi connectivity index (χ2v) is 12.8. The lowest BCUT2D eigenvalue weighted by atomic mass is 9.72. The van der Waals surface area contributed by atoms with Gasteiger partial charge in [0.2, 0.25) is 5.95 Å². The van der Waals surface area contributed by atoms with Crippen LogP contribution in [0.1, 0.15) is 43.9 Å². The summed E-state index contributed by atoms with van der Waals surface area (Å²) in [6.45, 7) is 8.22. The van der Waals surface area contributed by atoms with Crippen LogP contribution in [-0.4, -0.2) is 66.5 Å². The number of piperazine rings is 1. The lowest BCUT2D eigenvalue weighted by molar-refractivity contribution is -0.0371. The number of aliphatic hydroxyl groups is 1.